The lowest BCUT2D eigenvalue weighted by atomic mass is 10.0. The fourth-order valence-electron chi connectivity index (χ4n) is 2.63. The van der Waals surface area contributed by atoms with E-state index in [1.54, 1.807) is 0 Å². The molecule has 4 rings (SSSR count). The standard InChI is InChI=1S/C20H12F2N2O2/c21-14-7-8-15(17(22)11-14)13-6-9-18(25)16(10-13)20-24-23-19(26-20)12-4-2-1-3-5-12/h1-11,25H. The van der Waals surface area contributed by atoms with Gasteiger partial charge in [-0.1, -0.05) is 24.3 Å². The van der Waals surface area contributed by atoms with Gasteiger partial charge in [-0.2, -0.15) is 0 Å². The van der Waals surface area contributed by atoms with Crippen LogP contribution in [-0.2, 0) is 0 Å². The van der Waals surface area contributed by atoms with Crippen molar-refractivity contribution in [3.63, 3.8) is 0 Å². The number of phenolic OH excluding ortho intramolecular Hbond substituents is 1. The number of halogens is 2. The van der Waals surface area contributed by atoms with Gasteiger partial charge in [-0.3, -0.25) is 0 Å². The van der Waals surface area contributed by atoms with Crippen molar-refractivity contribution < 1.29 is 18.3 Å². The van der Waals surface area contributed by atoms with Crippen LogP contribution in [0.3, 0.4) is 0 Å². The van der Waals surface area contributed by atoms with Crippen LogP contribution in [0.4, 0.5) is 8.78 Å². The molecule has 1 aromatic heterocycles. The van der Waals surface area contributed by atoms with Crippen LogP contribution in [0.2, 0.25) is 0 Å². The van der Waals surface area contributed by atoms with Crippen molar-refractivity contribution in [2.24, 2.45) is 0 Å². The van der Waals surface area contributed by atoms with Crippen LogP contribution in [-0.4, -0.2) is 15.3 Å². The molecule has 1 heterocycles. The molecule has 0 unspecified atom stereocenters. The van der Waals surface area contributed by atoms with E-state index in [1.165, 1.54) is 30.3 Å². The minimum absolute atomic E-state index is 0.0838. The number of aromatic nitrogens is 2. The molecule has 0 aliphatic rings. The highest BCUT2D eigenvalue weighted by Crippen LogP contribution is 2.35. The Kier molecular flexibility index (Phi) is 3.93. The van der Waals surface area contributed by atoms with Crippen LogP contribution >= 0.6 is 0 Å². The fraction of sp³-hybridized carbons (Fsp3) is 0. The summed E-state index contributed by atoms with van der Waals surface area (Å²) in [5.41, 5.74) is 1.66. The molecule has 0 bridgehead atoms. The van der Waals surface area contributed by atoms with Crippen molar-refractivity contribution in [1.82, 2.24) is 10.2 Å². The monoisotopic (exact) mass is 350 g/mol. The molecule has 4 aromatic rings. The Hall–Kier alpha value is -3.54. The summed E-state index contributed by atoms with van der Waals surface area (Å²) in [6.45, 7) is 0. The average Bonchev–Trinajstić information content (AvgIpc) is 3.13. The molecule has 0 atom stereocenters. The number of phenols is 1. The maximum absolute atomic E-state index is 14.0. The lowest BCUT2D eigenvalue weighted by molar-refractivity contribution is 0.473. The van der Waals surface area contributed by atoms with Gasteiger partial charge < -0.3 is 9.52 Å². The van der Waals surface area contributed by atoms with Gasteiger partial charge in [0.25, 0.3) is 5.89 Å². The van der Waals surface area contributed by atoms with Gasteiger partial charge >= 0.3 is 0 Å². The van der Waals surface area contributed by atoms with Crippen molar-refractivity contribution in [2.75, 3.05) is 0 Å². The first-order valence-electron chi connectivity index (χ1n) is 7.79. The minimum Gasteiger partial charge on any atom is -0.507 e. The number of hydrogen-bond acceptors (Lipinski definition) is 4. The zero-order valence-corrected chi connectivity index (χ0v) is 13.4. The predicted octanol–water partition coefficient (Wildman–Crippen LogP) is 5.05. The van der Waals surface area contributed by atoms with Crippen LogP contribution < -0.4 is 0 Å². The van der Waals surface area contributed by atoms with E-state index in [9.17, 15) is 13.9 Å². The van der Waals surface area contributed by atoms with Gasteiger partial charge in [0.2, 0.25) is 5.89 Å². The second-order valence-corrected chi connectivity index (χ2v) is 5.63. The van der Waals surface area contributed by atoms with Gasteiger partial charge in [0.1, 0.15) is 17.4 Å². The highest BCUT2D eigenvalue weighted by molar-refractivity contribution is 5.74. The van der Waals surface area contributed by atoms with E-state index in [-0.39, 0.29) is 22.8 Å². The Labute approximate surface area is 147 Å². The van der Waals surface area contributed by atoms with Gasteiger partial charge in [0, 0.05) is 17.2 Å². The van der Waals surface area contributed by atoms with E-state index in [1.807, 2.05) is 30.3 Å². The highest BCUT2D eigenvalue weighted by atomic mass is 19.1. The van der Waals surface area contributed by atoms with E-state index in [4.69, 9.17) is 4.42 Å². The molecule has 0 aliphatic heterocycles. The van der Waals surface area contributed by atoms with Gasteiger partial charge in [-0.25, -0.2) is 8.78 Å². The Bertz CT molecular complexity index is 1080. The summed E-state index contributed by atoms with van der Waals surface area (Å²) in [6, 6.07) is 17.0. The Morgan fingerprint density at radius 1 is 0.731 bits per heavy atom. The summed E-state index contributed by atoms with van der Waals surface area (Å²) in [4.78, 5) is 0. The second-order valence-electron chi connectivity index (χ2n) is 5.63. The van der Waals surface area contributed by atoms with Crippen LogP contribution in [0.15, 0.2) is 71.1 Å². The van der Waals surface area contributed by atoms with Gasteiger partial charge in [-0.05, 0) is 42.0 Å². The summed E-state index contributed by atoms with van der Waals surface area (Å²) < 4.78 is 32.8. The Morgan fingerprint density at radius 2 is 1.50 bits per heavy atom. The molecule has 128 valence electrons. The molecular formula is C20H12F2N2O2. The van der Waals surface area contributed by atoms with Crippen LogP contribution in [0.25, 0.3) is 34.0 Å². The molecule has 6 heteroatoms. The third-order valence-electron chi connectivity index (χ3n) is 3.91. The van der Waals surface area contributed by atoms with Crippen molar-refractivity contribution in [2.45, 2.75) is 0 Å². The molecule has 0 fully saturated rings. The van der Waals surface area contributed by atoms with Gasteiger partial charge in [-0.15, -0.1) is 10.2 Å². The van der Waals surface area contributed by atoms with Gasteiger partial charge in [0.15, 0.2) is 0 Å². The van der Waals surface area contributed by atoms with Crippen molar-refractivity contribution in [1.29, 1.82) is 0 Å². The molecule has 1 N–H and O–H groups in total. The van der Waals surface area contributed by atoms with Crippen molar-refractivity contribution in [3.05, 3.63) is 78.4 Å². The maximum Gasteiger partial charge on any atom is 0.251 e. The summed E-state index contributed by atoms with van der Waals surface area (Å²) in [7, 11) is 0. The van der Waals surface area contributed by atoms with Crippen LogP contribution in [0.1, 0.15) is 0 Å². The quantitative estimate of drug-likeness (QED) is 0.561. The Balaban J connectivity index is 1.77. The lowest BCUT2D eigenvalue weighted by Gasteiger charge is -2.06. The number of rotatable bonds is 3. The molecule has 0 aliphatic carbocycles. The van der Waals surface area contributed by atoms with E-state index in [0.717, 1.165) is 11.6 Å². The summed E-state index contributed by atoms with van der Waals surface area (Å²) >= 11 is 0. The predicted molar refractivity (Wildman–Crippen MR) is 92.2 cm³/mol. The number of nitrogens with zero attached hydrogens (tertiary/aromatic N) is 2. The van der Waals surface area contributed by atoms with Crippen molar-refractivity contribution in [3.8, 4) is 39.8 Å². The van der Waals surface area contributed by atoms with Crippen molar-refractivity contribution >= 4 is 0 Å². The first-order valence-corrected chi connectivity index (χ1v) is 7.79. The van der Waals surface area contributed by atoms with Crippen LogP contribution in [0.5, 0.6) is 5.75 Å². The van der Waals surface area contributed by atoms with E-state index in [0.29, 0.717) is 11.5 Å². The highest BCUT2D eigenvalue weighted by Gasteiger charge is 2.16. The normalized spacial score (nSPS) is 10.8. The fourth-order valence-corrected chi connectivity index (χ4v) is 2.63. The average molecular weight is 350 g/mol. The molecular weight excluding hydrogens is 338 g/mol. The minimum atomic E-state index is -0.697. The molecule has 0 amide bonds. The third-order valence-corrected chi connectivity index (χ3v) is 3.91. The topological polar surface area (TPSA) is 59.2 Å². The molecule has 0 saturated carbocycles. The van der Waals surface area contributed by atoms with E-state index in [2.05, 4.69) is 10.2 Å². The SMILES string of the molecule is Oc1ccc(-c2ccc(F)cc2F)cc1-c1nnc(-c2ccccc2)o1. The molecule has 0 spiro atoms. The number of benzene rings is 3. The summed E-state index contributed by atoms with van der Waals surface area (Å²) in [5, 5.41) is 18.1. The van der Waals surface area contributed by atoms with Crippen LogP contribution in [0, 0.1) is 11.6 Å². The largest absolute Gasteiger partial charge is 0.507 e. The van der Waals surface area contributed by atoms with E-state index >= 15 is 0 Å². The molecule has 3 aromatic carbocycles. The Morgan fingerprint density at radius 3 is 2.27 bits per heavy atom. The van der Waals surface area contributed by atoms with E-state index < -0.39 is 11.6 Å². The van der Waals surface area contributed by atoms with Gasteiger partial charge in [0.05, 0.1) is 5.56 Å². The second kappa shape index (κ2) is 6.40. The first-order chi connectivity index (χ1) is 12.6. The maximum atomic E-state index is 14.0. The smallest absolute Gasteiger partial charge is 0.251 e. The third kappa shape index (κ3) is 2.93. The zero-order valence-electron chi connectivity index (χ0n) is 13.4. The molecule has 0 radical (unpaired) electrons. The molecule has 26 heavy (non-hydrogen) atoms. The number of aromatic hydroxyl groups is 1. The summed E-state index contributed by atoms with van der Waals surface area (Å²) in [6.07, 6.45) is 0. The first kappa shape index (κ1) is 16.0. The summed E-state index contributed by atoms with van der Waals surface area (Å²) in [5.74, 6) is -1.03. The number of hydrogen-bond donors (Lipinski definition) is 1. The zero-order chi connectivity index (χ0) is 18.1. The molecule has 0 saturated heterocycles. The lowest BCUT2D eigenvalue weighted by Crippen LogP contribution is -1.88. The molecule has 4 nitrogen and oxygen atoms in total.